The summed E-state index contributed by atoms with van der Waals surface area (Å²) < 4.78 is 1.92. The van der Waals surface area contributed by atoms with Gasteiger partial charge in [-0.15, -0.1) is 10.2 Å². The molecule has 0 saturated heterocycles. The Hall–Kier alpha value is -2.60. The highest BCUT2D eigenvalue weighted by Gasteiger charge is 2.14. The zero-order valence-corrected chi connectivity index (χ0v) is 16.7. The molecule has 0 atom stereocenters. The average molecular weight is 381 g/mol. The van der Waals surface area contributed by atoms with Gasteiger partial charge in [0.2, 0.25) is 5.91 Å². The second kappa shape index (κ2) is 8.86. The van der Waals surface area contributed by atoms with Crippen LogP contribution in [0.5, 0.6) is 0 Å². The summed E-state index contributed by atoms with van der Waals surface area (Å²) >= 11 is 1.39. The van der Waals surface area contributed by atoms with Crippen LogP contribution in [0.2, 0.25) is 0 Å². The number of para-hydroxylation sites is 1. The van der Waals surface area contributed by atoms with Crippen LogP contribution in [0.3, 0.4) is 0 Å². The Morgan fingerprint density at radius 3 is 2.30 bits per heavy atom. The van der Waals surface area contributed by atoms with Crippen LogP contribution in [0.1, 0.15) is 25.0 Å². The van der Waals surface area contributed by atoms with Gasteiger partial charge in [0.15, 0.2) is 11.0 Å². The predicted molar refractivity (Wildman–Crippen MR) is 111 cm³/mol. The molecule has 1 aromatic heterocycles. The molecule has 1 heterocycles. The molecule has 0 unspecified atom stereocenters. The highest BCUT2D eigenvalue weighted by atomic mass is 32.2. The van der Waals surface area contributed by atoms with E-state index in [1.54, 1.807) is 0 Å². The van der Waals surface area contributed by atoms with E-state index in [0.717, 1.165) is 46.2 Å². The summed E-state index contributed by atoms with van der Waals surface area (Å²) in [5, 5.41) is 12.3. The number of nitrogens with one attached hydrogen (secondary N) is 1. The van der Waals surface area contributed by atoms with Crippen LogP contribution in [-0.4, -0.2) is 26.4 Å². The summed E-state index contributed by atoms with van der Waals surface area (Å²) in [6.07, 6.45) is 1.78. The van der Waals surface area contributed by atoms with Crippen molar-refractivity contribution in [2.45, 2.75) is 31.8 Å². The summed E-state index contributed by atoms with van der Waals surface area (Å²) in [5.74, 6) is 1.06. The number of anilines is 1. The van der Waals surface area contributed by atoms with E-state index in [4.69, 9.17) is 0 Å². The molecule has 3 rings (SSSR count). The van der Waals surface area contributed by atoms with Gasteiger partial charge in [-0.3, -0.25) is 4.79 Å². The highest BCUT2D eigenvalue weighted by molar-refractivity contribution is 7.99. The molecular formula is C21H24N4OS. The number of nitrogens with zero attached hydrogens (tertiary/aromatic N) is 3. The minimum absolute atomic E-state index is 0.0279. The van der Waals surface area contributed by atoms with Crippen molar-refractivity contribution >= 4 is 23.4 Å². The Morgan fingerprint density at radius 2 is 1.67 bits per heavy atom. The van der Waals surface area contributed by atoms with Crippen LogP contribution in [0.15, 0.2) is 53.7 Å². The minimum Gasteiger partial charge on any atom is -0.325 e. The number of aromatic nitrogens is 3. The predicted octanol–water partition coefficient (Wildman–Crippen LogP) is 4.34. The van der Waals surface area contributed by atoms with Crippen molar-refractivity contribution < 1.29 is 4.79 Å². The first-order valence-electron chi connectivity index (χ1n) is 9.12. The average Bonchev–Trinajstić information content (AvgIpc) is 3.07. The number of carbonyl (C=O) groups is 1. The lowest BCUT2D eigenvalue weighted by atomic mass is 10.0. The maximum absolute atomic E-state index is 12.5. The van der Waals surface area contributed by atoms with Crippen molar-refractivity contribution in [1.82, 2.24) is 14.8 Å². The first kappa shape index (κ1) is 19.2. The monoisotopic (exact) mass is 380 g/mol. The standard InChI is InChI=1S/C21H24N4OS/c1-4-15-12-9-13-16(5-2)19(15)22-18(26)14-27-21-24-23-20(25(21)3)17-10-7-6-8-11-17/h6-13H,4-5,14H2,1-3H3,(H,22,26). The molecule has 0 aliphatic carbocycles. The Balaban J connectivity index is 1.68. The van der Waals surface area contributed by atoms with Gasteiger partial charge in [0.1, 0.15) is 0 Å². The van der Waals surface area contributed by atoms with Crippen LogP contribution in [-0.2, 0) is 24.7 Å². The van der Waals surface area contributed by atoms with E-state index in [1.807, 2.05) is 48.0 Å². The van der Waals surface area contributed by atoms with Crippen molar-refractivity contribution in [3.63, 3.8) is 0 Å². The zero-order chi connectivity index (χ0) is 19.2. The third kappa shape index (κ3) is 4.39. The lowest BCUT2D eigenvalue weighted by Gasteiger charge is -2.14. The molecule has 0 saturated carbocycles. The molecule has 0 bridgehead atoms. The molecule has 0 aliphatic heterocycles. The second-order valence-corrected chi connectivity index (χ2v) is 7.17. The van der Waals surface area contributed by atoms with Gasteiger partial charge in [0, 0.05) is 18.3 Å². The maximum Gasteiger partial charge on any atom is 0.234 e. The quantitative estimate of drug-likeness (QED) is 0.620. The molecule has 0 aliphatic rings. The SMILES string of the molecule is CCc1cccc(CC)c1NC(=O)CSc1nnc(-c2ccccc2)n1C. The van der Waals surface area contributed by atoms with Gasteiger partial charge in [-0.05, 0) is 24.0 Å². The molecule has 0 fully saturated rings. The summed E-state index contributed by atoms with van der Waals surface area (Å²) in [5.41, 5.74) is 4.29. The van der Waals surface area contributed by atoms with E-state index in [-0.39, 0.29) is 5.91 Å². The Bertz CT molecular complexity index is 899. The molecule has 3 aromatic rings. The first-order chi connectivity index (χ1) is 13.1. The Kier molecular flexibility index (Phi) is 6.29. The normalized spacial score (nSPS) is 10.8. The Morgan fingerprint density at radius 1 is 1.00 bits per heavy atom. The maximum atomic E-state index is 12.5. The second-order valence-electron chi connectivity index (χ2n) is 6.23. The van der Waals surface area contributed by atoms with Crippen molar-refractivity contribution in [2.24, 2.45) is 7.05 Å². The molecule has 6 heteroatoms. The number of rotatable bonds is 7. The summed E-state index contributed by atoms with van der Waals surface area (Å²) in [6.45, 7) is 4.20. The summed E-state index contributed by atoms with van der Waals surface area (Å²) in [4.78, 5) is 12.5. The van der Waals surface area contributed by atoms with E-state index in [2.05, 4.69) is 41.5 Å². The van der Waals surface area contributed by atoms with Crippen LogP contribution in [0.4, 0.5) is 5.69 Å². The molecule has 0 radical (unpaired) electrons. The van der Waals surface area contributed by atoms with Crippen molar-refractivity contribution in [3.05, 3.63) is 59.7 Å². The molecule has 1 amide bonds. The smallest absolute Gasteiger partial charge is 0.234 e. The molecule has 27 heavy (non-hydrogen) atoms. The van der Waals surface area contributed by atoms with E-state index < -0.39 is 0 Å². The molecule has 140 valence electrons. The highest BCUT2D eigenvalue weighted by Crippen LogP contribution is 2.25. The van der Waals surface area contributed by atoms with Crippen molar-refractivity contribution in [2.75, 3.05) is 11.1 Å². The summed E-state index contributed by atoms with van der Waals surface area (Å²) in [6, 6.07) is 16.1. The zero-order valence-electron chi connectivity index (χ0n) is 15.9. The molecular weight excluding hydrogens is 356 g/mol. The number of aryl methyl sites for hydroxylation is 2. The van der Waals surface area contributed by atoms with Crippen LogP contribution >= 0.6 is 11.8 Å². The largest absolute Gasteiger partial charge is 0.325 e. The van der Waals surface area contributed by atoms with Gasteiger partial charge in [-0.2, -0.15) is 0 Å². The third-order valence-corrected chi connectivity index (χ3v) is 5.48. The van der Waals surface area contributed by atoms with E-state index in [1.165, 1.54) is 11.8 Å². The van der Waals surface area contributed by atoms with Gasteiger partial charge in [-0.1, -0.05) is 74.1 Å². The van der Waals surface area contributed by atoms with Crippen LogP contribution in [0.25, 0.3) is 11.4 Å². The number of carbonyl (C=O) groups excluding carboxylic acids is 1. The van der Waals surface area contributed by atoms with E-state index in [9.17, 15) is 4.79 Å². The van der Waals surface area contributed by atoms with E-state index >= 15 is 0 Å². The fourth-order valence-electron chi connectivity index (χ4n) is 2.99. The topological polar surface area (TPSA) is 59.8 Å². The molecule has 5 nitrogen and oxygen atoms in total. The number of hydrogen-bond acceptors (Lipinski definition) is 4. The van der Waals surface area contributed by atoms with Gasteiger partial charge < -0.3 is 9.88 Å². The van der Waals surface area contributed by atoms with Crippen molar-refractivity contribution in [1.29, 1.82) is 0 Å². The summed E-state index contributed by atoms with van der Waals surface area (Å²) in [7, 11) is 1.92. The fourth-order valence-corrected chi connectivity index (χ4v) is 3.70. The third-order valence-electron chi connectivity index (χ3n) is 4.46. The molecule has 1 N–H and O–H groups in total. The van der Waals surface area contributed by atoms with Gasteiger partial charge in [0.05, 0.1) is 5.75 Å². The number of benzene rings is 2. The minimum atomic E-state index is -0.0279. The van der Waals surface area contributed by atoms with Crippen LogP contribution < -0.4 is 5.32 Å². The molecule has 0 spiro atoms. The first-order valence-corrected chi connectivity index (χ1v) is 10.1. The number of hydrogen-bond donors (Lipinski definition) is 1. The number of amides is 1. The van der Waals surface area contributed by atoms with Crippen LogP contribution in [0, 0.1) is 0 Å². The molecule has 2 aromatic carbocycles. The van der Waals surface area contributed by atoms with Gasteiger partial charge >= 0.3 is 0 Å². The lowest BCUT2D eigenvalue weighted by molar-refractivity contribution is -0.113. The van der Waals surface area contributed by atoms with Gasteiger partial charge in [-0.25, -0.2) is 0 Å². The fraction of sp³-hybridized carbons (Fsp3) is 0.286. The van der Waals surface area contributed by atoms with Crippen molar-refractivity contribution in [3.8, 4) is 11.4 Å². The van der Waals surface area contributed by atoms with E-state index in [0.29, 0.717) is 5.75 Å². The Labute approximate surface area is 164 Å². The number of thioether (sulfide) groups is 1. The van der Waals surface area contributed by atoms with Gasteiger partial charge in [0.25, 0.3) is 0 Å². The lowest BCUT2D eigenvalue weighted by Crippen LogP contribution is -2.17.